The van der Waals surface area contributed by atoms with Crippen molar-refractivity contribution < 1.29 is 14.5 Å². The van der Waals surface area contributed by atoms with Crippen LogP contribution in [0.2, 0.25) is 5.02 Å². The average molecular weight is 453 g/mol. The minimum absolute atomic E-state index is 0.0508. The van der Waals surface area contributed by atoms with Crippen LogP contribution in [0.3, 0.4) is 0 Å². The number of Topliss-reactive ketones (excluding diaryl/α,β-unsaturated/α-hetero) is 1. The first-order valence-electron chi connectivity index (χ1n) is 8.94. The largest absolute Gasteiger partial charge is 0.349 e. The third-order valence-corrected chi connectivity index (χ3v) is 5.92. The van der Waals surface area contributed by atoms with Crippen molar-refractivity contribution >= 4 is 40.7 Å². The van der Waals surface area contributed by atoms with E-state index >= 15 is 0 Å². The number of benzene rings is 1. The van der Waals surface area contributed by atoms with Gasteiger partial charge in [0.15, 0.2) is 5.78 Å². The summed E-state index contributed by atoms with van der Waals surface area (Å²) in [4.78, 5) is 60.9. The summed E-state index contributed by atoms with van der Waals surface area (Å²) in [5, 5.41) is 13.3. The standard InChI is InChI=1S/C18H17ClN4O6S/c19-12-2-1-10(7-14(12)23(28)29)15(24)8-20-16(25)3-5-22-13-4-6-30-9-11(13)17(26)21-18(22)27/h1-2,7H,3-6,8-9H2,(H,20,25)(H,21,26,27). The lowest BCUT2D eigenvalue weighted by molar-refractivity contribution is -0.384. The molecule has 0 saturated carbocycles. The topological polar surface area (TPSA) is 144 Å². The minimum Gasteiger partial charge on any atom is -0.349 e. The molecule has 3 rings (SSSR count). The lowest BCUT2D eigenvalue weighted by atomic mass is 10.1. The molecule has 10 nitrogen and oxygen atoms in total. The highest BCUT2D eigenvalue weighted by molar-refractivity contribution is 7.98. The number of H-pyrrole nitrogens is 1. The molecule has 0 unspecified atom stereocenters. The van der Waals surface area contributed by atoms with Gasteiger partial charge in [-0.25, -0.2) is 4.79 Å². The van der Waals surface area contributed by atoms with Crippen molar-refractivity contribution in [2.75, 3.05) is 12.3 Å². The quantitative estimate of drug-likeness (QED) is 0.365. The molecule has 0 radical (unpaired) electrons. The van der Waals surface area contributed by atoms with Gasteiger partial charge in [-0.05, 0) is 24.3 Å². The number of carbonyl (C=O) groups excluding carboxylic acids is 2. The summed E-state index contributed by atoms with van der Waals surface area (Å²) < 4.78 is 1.39. The highest BCUT2D eigenvalue weighted by atomic mass is 35.5. The molecule has 0 atom stereocenters. The van der Waals surface area contributed by atoms with Crippen molar-refractivity contribution in [3.8, 4) is 0 Å². The number of ketones is 1. The average Bonchev–Trinajstić information content (AvgIpc) is 2.72. The normalized spacial score (nSPS) is 12.8. The molecule has 0 spiro atoms. The summed E-state index contributed by atoms with van der Waals surface area (Å²) in [6.45, 7) is -0.290. The number of hydrogen-bond acceptors (Lipinski definition) is 7. The molecule has 30 heavy (non-hydrogen) atoms. The number of carbonyl (C=O) groups is 2. The number of nitro benzene ring substituents is 1. The van der Waals surface area contributed by atoms with Gasteiger partial charge in [-0.2, -0.15) is 11.8 Å². The van der Waals surface area contributed by atoms with E-state index < -0.39 is 33.6 Å². The van der Waals surface area contributed by atoms with Gasteiger partial charge in [-0.1, -0.05) is 11.6 Å². The predicted octanol–water partition coefficient (Wildman–Crippen LogP) is 1.28. The number of amides is 1. The minimum atomic E-state index is -0.696. The number of hydrogen-bond donors (Lipinski definition) is 2. The molecule has 1 aromatic heterocycles. The molecule has 1 aliphatic rings. The fourth-order valence-electron chi connectivity index (χ4n) is 3.08. The van der Waals surface area contributed by atoms with Crippen LogP contribution in [0, 0.1) is 10.1 Å². The smallest absolute Gasteiger partial charge is 0.328 e. The monoisotopic (exact) mass is 452 g/mol. The SMILES string of the molecule is O=C(CCn1c2c(c(=O)[nH]c1=O)CSCC2)NCC(=O)c1ccc(Cl)c([N+](=O)[O-])c1. The predicted molar refractivity (Wildman–Crippen MR) is 111 cm³/mol. The van der Waals surface area contributed by atoms with E-state index in [0.717, 1.165) is 11.8 Å². The molecule has 1 amide bonds. The van der Waals surface area contributed by atoms with Gasteiger partial charge >= 0.3 is 5.69 Å². The van der Waals surface area contributed by atoms with Crippen LogP contribution in [-0.4, -0.2) is 38.5 Å². The molecule has 2 heterocycles. The van der Waals surface area contributed by atoms with Crippen molar-refractivity contribution in [2.24, 2.45) is 0 Å². The maximum absolute atomic E-state index is 12.2. The molecular formula is C18H17ClN4O6S. The van der Waals surface area contributed by atoms with E-state index in [4.69, 9.17) is 11.6 Å². The summed E-state index contributed by atoms with van der Waals surface area (Å²) in [5.74, 6) is 0.311. The zero-order valence-electron chi connectivity index (χ0n) is 15.6. The maximum atomic E-state index is 12.2. The van der Waals surface area contributed by atoms with E-state index in [2.05, 4.69) is 10.3 Å². The Labute approximate surface area is 178 Å². The molecule has 0 fully saturated rings. The summed E-state index contributed by atoms with van der Waals surface area (Å²) in [7, 11) is 0. The molecule has 0 aliphatic carbocycles. The van der Waals surface area contributed by atoms with Crippen LogP contribution in [0.15, 0.2) is 27.8 Å². The maximum Gasteiger partial charge on any atom is 0.328 e. The summed E-state index contributed by atoms with van der Waals surface area (Å²) >= 11 is 7.32. The van der Waals surface area contributed by atoms with Crippen molar-refractivity contribution in [3.05, 3.63) is 71.0 Å². The number of aromatic nitrogens is 2. The summed E-state index contributed by atoms with van der Waals surface area (Å²) in [6.07, 6.45) is 0.494. The number of nitro groups is 1. The number of nitrogens with zero attached hydrogens (tertiary/aromatic N) is 2. The molecule has 2 N–H and O–H groups in total. The van der Waals surface area contributed by atoms with Crippen LogP contribution in [0.5, 0.6) is 0 Å². The molecule has 1 aliphatic heterocycles. The third-order valence-electron chi connectivity index (χ3n) is 4.62. The van der Waals surface area contributed by atoms with E-state index in [1.54, 1.807) is 11.8 Å². The Morgan fingerprint density at radius 3 is 2.83 bits per heavy atom. The van der Waals surface area contributed by atoms with Crippen molar-refractivity contribution in [1.82, 2.24) is 14.9 Å². The van der Waals surface area contributed by atoms with E-state index in [1.807, 2.05) is 0 Å². The van der Waals surface area contributed by atoms with Gasteiger partial charge in [-0.15, -0.1) is 0 Å². The molecule has 0 saturated heterocycles. The highest BCUT2D eigenvalue weighted by Crippen LogP contribution is 2.25. The highest BCUT2D eigenvalue weighted by Gasteiger charge is 2.20. The fourth-order valence-corrected chi connectivity index (χ4v) is 4.25. The fraction of sp³-hybridized carbons (Fsp3) is 0.333. The van der Waals surface area contributed by atoms with Crippen LogP contribution in [0.1, 0.15) is 28.0 Å². The molecule has 12 heteroatoms. The zero-order valence-corrected chi connectivity index (χ0v) is 17.2. The lowest BCUT2D eigenvalue weighted by Crippen LogP contribution is -2.38. The first-order chi connectivity index (χ1) is 14.3. The Balaban J connectivity index is 1.62. The molecule has 158 valence electrons. The Morgan fingerprint density at radius 2 is 2.10 bits per heavy atom. The van der Waals surface area contributed by atoms with Crippen LogP contribution in [0.4, 0.5) is 5.69 Å². The first kappa shape index (κ1) is 21.8. The van der Waals surface area contributed by atoms with E-state index in [-0.39, 0.29) is 30.1 Å². The van der Waals surface area contributed by atoms with Crippen LogP contribution in [0.25, 0.3) is 0 Å². The third kappa shape index (κ3) is 4.79. The zero-order chi connectivity index (χ0) is 21.8. The van der Waals surface area contributed by atoms with Gasteiger partial charge in [0, 0.05) is 41.6 Å². The number of nitrogens with one attached hydrogen (secondary N) is 2. The lowest BCUT2D eigenvalue weighted by Gasteiger charge is -2.19. The van der Waals surface area contributed by atoms with E-state index in [1.165, 1.54) is 16.7 Å². The molecular weight excluding hydrogens is 436 g/mol. The van der Waals surface area contributed by atoms with Crippen LogP contribution in [-0.2, 0) is 23.5 Å². The first-order valence-corrected chi connectivity index (χ1v) is 10.5. The van der Waals surface area contributed by atoms with Gasteiger partial charge in [0.2, 0.25) is 5.91 Å². The number of aromatic amines is 1. The summed E-state index contributed by atoms with van der Waals surface area (Å²) in [5.41, 5.74) is -0.122. The molecule has 1 aromatic carbocycles. The Morgan fingerprint density at radius 1 is 1.33 bits per heavy atom. The van der Waals surface area contributed by atoms with Gasteiger partial charge in [0.1, 0.15) is 5.02 Å². The number of fused-ring (bicyclic) bond motifs is 1. The van der Waals surface area contributed by atoms with Crippen molar-refractivity contribution in [2.45, 2.75) is 25.1 Å². The van der Waals surface area contributed by atoms with Crippen molar-refractivity contribution in [3.63, 3.8) is 0 Å². The van der Waals surface area contributed by atoms with Gasteiger partial charge in [0.25, 0.3) is 11.2 Å². The molecule has 0 bridgehead atoms. The molecule has 2 aromatic rings. The van der Waals surface area contributed by atoms with Gasteiger partial charge < -0.3 is 5.32 Å². The Kier molecular flexibility index (Phi) is 6.73. The number of halogens is 1. The van der Waals surface area contributed by atoms with E-state index in [0.29, 0.717) is 23.4 Å². The van der Waals surface area contributed by atoms with Crippen molar-refractivity contribution in [1.29, 1.82) is 0 Å². The van der Waals surface area contributed by atoms with Crippen LogP contribution < -0.4 is 16.6 Å². The van der Waals surface area contributed by atoms with Gasteiger partial charge in [0.05, 0.1) is 11.5 Å². The van der Waals surface area contributed by atoms with Gasteiger partial charge in [-0.3, -0.25) is 34.0 Å². The summed E-state index contributed by atoms with van der Waals surface area (Å²) in [6, 6.07) is 3.65. The Bertz CT molecular complexity index is 1140. The second-order valence-corrected chi connectivity index (χ2v) is 8.02. The second-order valence-electron chi connectivity index (χ2n) is 6.51. The van der Waals surface area contributed by atoms with E-state index in [9.17, 15) is 29.3 Å². The van der Waals surface area contributed by atoms with Crippen LogP contribution >= 0.6 is 23.4 Å². The number of rotatable bonds is 7. The second kappa shape index (κ2) is 9.26. The Hall–Kier alpha value is -2.92. The number of thioether (sulfide) groups is 1.